The number of carboxylic acids is 1. The highest BCUT2D eigenvalue weighted by Gasteiger charge is 2.59. The summed E-state index contributed by atoms with van der Waals surface area (Å²) < 4.78 is 5.82. The summed E-state index contributed by atoms with van der Waals surface area (Å²) in [5.41, 5.74) is 2.40. The molecule has 0 spiro atoms. The molecule has 0 bridgehead atoms. The van der Waals surface area contributed by atoms with Gasteiger partial charge in [0, 0.05) is 0 Å². The van der Waals surface area contributed by atoms with Gasteiger partial charge >= 0.3 is 5.97 Å². The molecular formula is C29H48O3. The molecular weight excluding hydrogens is 396 g/mol. The van der Waals surface area contributed by atoms with Crippen LogP contribution >= 0.6 is 0 Å². The second-order valence-corrected chi connectivity index (χ2v) is 12.9. The van der Waals surface area contributed by atoms with Crippen LogP contribution in [0.4, 0.5) is 0 Å². The molecule has 0 saturated heterocycles. The van der Waals surface area contributed by atoms with Gasteiger partial charge in [0.2, 0.25) is 0 Å². The Bertz CT molecular complexity index is 711. The van der Waals surface area contributed by atoms with Gasteiger partial charge in [-0.2, -0.15) is 0 Å². The lowest BCUT2D eigenvalue weighted by molar-refractivity contribution is -0.146. The maximum Gasteiger partial charge on any atom is 0.329 e. The molecule has 0 aromatic heterocycles. The fraction of sp³-hybridized carbons (Fsp3) is 0.897. The normalized spacial score (nSPS) is 42.1. The molecule has 3 fully saturated rings. The number of carboxylic acid groups (broad SMARTS) is 1. The topological polar surface area (TPSA) is 46.5 Å². The van der Waals surface area contributed by atoms with Gasteiger partial charge in [0.15, 0.2) is 0 Å². The number of allylic oxidation sites excluding steroid dienone is 2. The van der Waals surface area contributed by atoms with Crippen molar-refractivity contribution in [2.75, 3.05) is 6.61 Å². The highest BCUT2D eigenvalue weighted by Crippen LogP contribution is 2.67. The van der Waals surface area contributed by atoms with E-state index in [1.54, 1.807) is 5.57 Å². The van der Waals surface area contributed by atoms with Gasteiger partial charge in [0.05, 0.1) is 6.10 Å². The van der Waals surface area contributed by atoms with Crippen LogP contribution in [-0.4, -0.2) is 23.8 Å². The van der Waals surface area contributed by atoms with E-state index in [2.05, 4.69) is 40.7 Å². The molecule has 3 nitrogen and oxygen atoms in total. The maximum atomic E-state index is 11.0. The molecule has 0 aromatic rings. The lowest BCUT2D eigenvalue weighted by Gasteiger charge is -2.58. The predicted molar refractivity (Wildman–Crippen MR) is 130 cm³/mol. The van der Waals surface area contributed by atoms with Gasteiger partial charge in [-0.3, -0.25) is 0 Å². The largest absolute Gasteiger partial charge is 0.480 e. The lowest BCUT2D eigenvalue weighted by Crippen LogP contribution is -2.51. The van der Waals surface area contributed by atoms with Crippen LogP contribution in [0.5, 0.6) is 0 Å². The zero-order chi connectivity index (χ0) is 23.1. The fourth-order valence-corrected chi connectivity index (χ4v) is 9.07. The first-order chi connectivity index (χ1) is 15.1. The van der Waals surface area contributed by atoms with E-state index in [9.17, 15) is 4.79 Å². The van der Waals surface area contributed by atoms with Gasteiger partial charge in [-0.25, -0.2) is 4.79 Å². The van der Waals surface area contributed by atoms with Crippen molar-refractivity contribution in [3.8, 4) is 0 Å². The summed E-state index contributed by atoms with van der Waals surface area (Å²) in [6.07, 6.45) is 16.9. The van der Waals surface area contributed by atoms with Gasteiger partial charge in [0.25, 0.3) is 0 Å². The van der Waals surface area contributed by atoms with Gasteiger partial charge in [-0.05, 0) is 97.7 Å². The minimum atomic E-state index is -0.842. The summed E-state index contributed by atoms with van der Waals surface area (Å²) in [6.45, 7) is 12.3. The van der Waals surface area contributed by atoms with Crippen LogP contribution in [0.15, 0.2) is 11.6 Å². The predicted octanol–water partition coefficient (Wildman–Crippen LogP) is 7.50. The van der Waals surface area contributed by atoms with Gasteiger partial charge in [-0.15, -0.1) is 0 Å². The van der Waals surface area contributed by atoms with E-state index in [0.717, 1.165) is 54.8 Å². The molecule has 0 radical (unpaired) electrons. The van der Waals surface area contributed by atoms with Crippen LogP contribution in [0.25, 0.3) is 0 Å². The minimum Gasteiger partial charge on any atom is -0.480 e. The average molecular weight is 445 g/mol. The molecule has 0 heterocycles. The van der Waals surface area contributed by atoms with Crippen LogP contribution < -0.4 is 0 Å². The number of fused-ring (bicyclic) bond motifs is 5. The van der Waals surface area contributed by atoms with Gasteiger partial charge < -0.3 is 9.84 Å². The third-order valence-electron chi connectivity index (χ3n) is 10.7. The molecule has 32 heavy (non-hydrogen) atoms. The summed E-state index contributed by atoms with van der Waals surface area (Å²) in [7, 11) is 0. The molecule has 3 saturated carbocycles. The van der Waals surface area contributed by atoms with E-state index in [0.29, 0.717) is 5.41 Å². The Morgan fingerprint density at radius 1 is 1.12 bits per heavy atom. The van der Waals surface area contributed by atoms with Crippen molar-refractivity contribution in [2.45, 2.75) is 111 Å². The maximum absolute atomic E-state index is 11.0. The summed E-state index contributed by atoms with van der Waals surface area (Å²) in [5.74, 6) is 4.18. The van der Waals surface area contributed by atoms with Crippen molar-refractivity contribution < 1.29 is 14.6 Å². The molecule has 8 atom stereocenters. The molecule has 4 aliphatic rings. The van der Waals surface area contributed by atoms with Crippen LogP contribution in [0, 0.1) is 46.3 Å². The highest BCUT2D eigenvalue weighted by atomic mass is 16.5. The number of aliphatic carboxylic acids is 1. The highest BCUT2D eigenvalue weighted by molar-refractivity contribution is 5.68. The minimum absolute atomic E-state index is 0.109. The van der Waals surface area contributed by atoms with E-state index in [1.807, 2.05) is 0 Å². The molecule has 3 heteroatoms. The van der Waals surface area contributed by atoms with Crippen LogP contribution in [-0.2, 0) is 9.53 Å². The third kappa shape index (κ3) is 4.44. The molecule has 4 aliphatic carbocycles. The van der Waals surface area contributed by atoms with Crippen molar-refractivity contribution >= 4 is 5.97 Å². The Hall–Kier alpha value is -0.830. The standard InChI is InChI=1S/C29H48O3/c1-19(2)7-6-8-20(3)24-13-14-25-23-12-10-21-9-11-22(32-18-27(30)31)17-29(21,5)26(23)15-16-28(24,25)4/h10,19-20,22-26H,6-9,11-18H2,1-5H3,(H,30,31)/t20-,22?,23?,24-,25?,26?,28-,29+/m1/s1. The quantitative estimate of drug-likeness (QED) is 0.394. The fourth-order valence-electron chi connectivity index (χ4n) is 9.07. The average Bonchev–Trinajstić information content (AvgIpc) is 3.08. The van der Waals surface area contributed by atoms with Crippen LogP contribution in [0.1, 0.15) is 105 Å². The number of ether oxygens (including phenoxy) is 1. The summed E-state index contributed by atoms with van der Waals surface area (Å²) in [4.78, 5) is 11.0. The Kier molecular flexibility index (Phi) is 7.16. The van der Waals surface area contributed by atoms with Crippen LogP contribution in [0.3, 0.4) is 0 Å². The zero-order valence-electron chi connectivity index (χ0n) is 21.4. The molecule has 0 amide bonds. The summed E-state index contributed by atoms with van der Waals surface area (Å²) in [5, 5.41) is 9.07. The lowest BCUT2D eigenvalue weighted by atomic mass is 9.47. The molecule has 182 valence electrons. The van der Waals surface area contributed by atoms with Crippen molar-refractivity contribution in [1.29, 1.82) is 0 Å². The van der Waals surface area contributed by atoms with Gasteiger partial charge in [0.1, 0.15) is 6.61 Å². The van der Waals surface area contributed by atoms with Crippen molar-refractivity contribution in [2.24, 2.45) is 46.3 Å². The van der Waals surface area contributed by atoms with E-state index < -0.39 is 5.97 Å². The Morgan fingerprint density at radius 2 is 1.91 bits per heavy atom. The number of hydrogen-bond donors (Lipinski definition) is 1. The second-order valence-electron chi connectivity index (χ2n) is 12.9. The molecule has 4 rings (SSSR count). The SMILES string of the molecule is CC(C)CCC[C@@H](C)[C@H]1CCC2C3CC=C4CCC(OCC(=O)O)C[C@]4(C)C3CC[C@@]21C. The smallest absolute Gasteiger partial charge is 0.329 e. The number of hydrogen-bond acceptors (Lipinski definition) is 2. The summed E-state index contributed by atoms with van der Waals surface area (Å²) >= 11 is 0. The molecule has 1 N–H and O–H groups in total. The molecule has 0 aliphatic heterocycles. The van der Waals surface area contributed by atoms with E-state index in [4.69, 9.17) is 9.84 Å². The first-order valence-electron chi connectivity index (χ1n) is 13.7. The first-order valence-corrected chi connectivity index (χ1v) is 13.7. The first kappa shape index (κ1) is 24.3. The van der Waals surface area contributed by atoms with Gasteiger partial charge in [-0.1, -0.05) is 65.5 Å². The third-order valence-corrected chi connectivity index (χ3v) is 10.7. The van der Waals surface area contributed by atoms with E-state index in [1.165, 1.54) is 51.4 Å². The summed E-state index contributed by atoms with van der Waals surface area (Å²) in [6, 6.07) is 0. The Labute approximate surface area is 196 Å². The zero-order valence-corrected chi connectivity index (χ0v) is 21.4. The van der Waals surface area contributed by atoms with Crippen molar-refractivity contribution in [3.05, 3.63) is 11.6 Å². The second kappa shape index (κ2) is 9.43. The molecule has 4 unspecified atom stereocenters. The monoisotopic (exact) mass is 444 g/mol. The van der Waals surface area contributed by atoms with Crippen molar-refractivity contribution in [1.82, 2.24) is 0 Å². The van der Waals surface area contributed by atoms with E-state index >= 15 is 0 Å². The van der Waals surface area contributed by atoms with E-state index in [-0.39, 0.29) is 18.1 Å². The Morgan fingerprint density at radius 3 is 2.62 bits per heavy atom. The Balaban J connectivity index is 1.46. The molecule has 0 aromatic carbocycles. The van der Waals surface area contributed by atoms with Crippen molar-refractivity contribution in [3.63, 3.8) is 0 Å². The number of carbonyl (C=O) groups is 1. The number of rotatable bonds is 8. The van der Waals surface area contributed by atoms with Crippen LogP contribution in [0.2, 0.25) is 0 Å².